The van der Waals surface area contributed by atoms with Crippen molar-refractivity contribution in [1.82, 2.24) is 0 Å². The van der Waals surface area contributed by atoms with Crippen LogP contribution in [0.4, 0.5) is 5.00 Å². The number of fused-ring (bicyclic) bond motifs is 1. The molecule has 0 saturated heterocycles. The molecule has 9 heteroatoms. The Kier molecular flexibility index (Phi) is 7.64. The molecule has 8 nitrogen and oxygen atoms in total. The van der Waals surface area contributed by atoms with Crippen LogP contribution in [0.5, 0.6) is 0 Å². The van der Waals surface area contributed by atoms with E-state index in [1.807, 2.05) is 0 Å². The molecule has 1 aliphatic rings. The molecule has 3 rings (SSSR count). The molecule has 0 fully saturated rings. The standard InChI is InChI=1S/C24H23N3O5S/c1-2-32-24(31)20-15-10-6-7-11-19(15)33-23(20)27-17(21(29)16(13-25)22(26)30)12-18(28)14-8-4-3-5-9-14/h3-5,8-9,12,27,29H,2,6-7,10-11H2,1H3,(H2,26,30)/b17-12-,21-16-. The van der Waals surface area contributed by atoms with Crippen molar-refractivity contribution in [3.8, 4) is 6.07 Å². The van der Waals surface area contributed by atoms with Gasteiger partial charge in [-0.2, -0.15) is 5.26 Å². The maximum atomic E-state index is 12.8. The summed E-state index contributed by atoms with van der Waals surface area (Å²) in [6.45, 7) is 1.89. The fourth-order valence-electron chi connectivity index (χ4n) is 3.54. The van der Waals surface area contributed by atoms with Gasteiger partial charge < -0.3 is 20.9 Å². The lowest BCUT2D eigenvalue weighted by Gasteiger charge is -2.14. The van der Waals surface area contributed by atoms with Gasteiger partial charge in [-0.15, -0.1) is 11.3 Å². The van der Waals surface area contributed by atoms with Gasteiger partial charge in [0.1, 0.15) is 11.1 Å². The van der Waals surface area contributed by atoms with E-state index >= 15 is 0 Å². The number of nitriles is 1. The van der Waals surface area contributed by atoms with Gasteiger partial charge in [-0.25, -0.2) is 4.79 Å². The fraction of sp³-hybridized carbons (Fsp3) is 0.250. The van der Waals surface area contributed by atoms with Crippen molar-refractivity contribution >= 4 is 34.0 Å². The van der Waals surface area contributed by atoms with Gasteiger partial charge in [0.2, 0.25) is 0 Å². The predicted octanol–water partition coefficient (Wildman–Crippen LogP) is 3.80. The zero-order chi connectivity index (χ0) is 24.0. The number of aryl methyl sites for hydroxylation is 1. The molecule has 0 unspecified atom stereocenters. The number of nitrogens with one attached hydrogen (secondary N) is 1. The quantitative estimate of drug-likeness (QED) is 0.134. The number of carbonyl (C=O) groups is 3. The first kappa shape index (κ1) is 23.8. The van der Waals surface area contributed by atoms with Crippen LogP contribution in [0.1, 0.15) is 50.9 Å². The Morgan fingerprint density at radius 2 is 1.94 bits per heavy atom. The second-order valence-corrected chi connectivity index (χ2v) is 8.35. The summed E-state index contributed by atoms with van der Waals surface area (Å²) >= 11 is 1.32. The molecule has 0 saturated carbocycles. The summed E-state index contributed by atoms with van der Waals surface area (Å²) in [6, 6.07) is 9.85. The Bertz CT molecular complexity index is 1190. The van der Waals surface area contributed by atoms with Crippen LogP contribution in [-0.2, 0) is 22.4 Å². The highest BCUT2D eigenvalue weighted by molar-refractivity contribution is 7.16. The summed E-state index contributed by atoms with van der Waals surface area (Å²) in [5.41, 5.74) is 5.83. The number of hydrogen-bond donors (Lipinski definition) is 3. The maximum absolute atomic E-state index is 12.8. The average molecular weight is 466 g/mol. The number of ketones is 1. The number of aliphatic hydroxyl groups excluding tert-OH is 1. The minimum atomic E-state index is -1.15. The van der Waals surface area contributed by atoms with E-state index in [2.05, 4.69) is 5.32 Å². The number of esters is 1. The van der Waals surface area contributed by atoms with Crippen molar-refractivity contribution in [2.75, 3.05) is 11.9 Å². The molecular weight excluding hydrogens is 442 g/mol. The van der Waals surface area contributed by atoms with E-state index in [0.29, 0.717) is 22.5 Å². The molecule has 1 aliphatic carbocycles. The summed E-state index contributed by atoms with van der Waals surface area (Å²) in [4.78, 5) is 38.2. The van der Waals surface area contributed by atoms with E-state index in [9.17, 15) is 24.8 Å². The summed E-state index contributed by atoms with van der Waals surface area (Å²) in [5.74, 6) is -2.93. The average Bonchev–Trinajstić information content (AvgIpc) is 3.17. The van der Waals surface area contributed by atoms with E-state index < -0.39 is 29.0 Å². The Hall–Kier alpha value is -3.90. The van der Waals surface area contributed by atoms with E-state index in [-0.39, 0.29) is 12.3 Å². The minimum absolute atomic E-state index is 0.184. The summed E-state index contributed by atoms with van der Waals surface area (Å²) in [5, 5.41) is 23.3. The van der Waals surface area contributed by atoms with Crippen molar-refractivity contribution in [1.29, 1.82) is 5.26 Å². The number of primary amides is 1. The smallest absolute Gasteiger partial charge is 0.341 e. The highest BCUT2D eigenvalue weighted by atomic mass is 32.1. The molecule has 1 heterocycles. The second-order valence-electron chi connectivity index (χ2n) is 7.25. The lowest BCUT2D eigenvalue weighted by atomic mass is 9.95. The number of carbonyl (C=O) groups excluding carboxylic acids is 3. The van der Waals surface area contributed by atoms with Gasteiger partial charge >= 0.3 is 5.97 Å². The van der Waals surface area contributed by atoms with Crippen molar-refractivity contribution in [3.63, 3.8) is 0 Å². The van der Waals surface area contributed by atoms with Gasteiger partial charge in [-0.05, 0) is 38.2 Å². The first-order chi connectivity index (χ1) is 15.9. The van der Waals surface area contributed by atoms with Crippen LogP contribution in [0, 0.1) is 11.3 Å². The third kappa shape index (κ3) is 5.30. The van der Waals surface area contributed by atoms with E-state index in [4.69, 9.17) is 10.5 Å². The number of aliphatic hydroxyl groups is 1. The van der Waals surface area contributed by atoms with Gasteiger partial charge in [-0.3, -0.25) is 9.59 Å². The van der Waals surface area contributed by atoms with Crippen molar-refractivity contribution in [2.24, 2.45) is 5.73 Å². The Balaban J connectivity index is 2.13. The minimum Gasteiger partial charge on any atom is -0.504 e. The highest BCUT2D eigenvalue weighted by Crippen LogP contribution is 2.39. The van der Waals surface area contributed by atoms with E-state index in [1.54, 1.807) is 43.3 Å². The van der Waals surface area contributed by atoms with Gasteiger partial charge in [0.25, 0.3) is 5.91 Å². The molecule has 1 aromatic carbocycles. The normalized spacial score (nSPS) is 13.9. The lowest BCUT2D eigenvalue weighted by molar-refractivity contribution is -0.114. The number of hydrogen-bond acceptors (Lipinski definition) is 8. The van der Waals surface area contributed by atoms with Crippen LogP contribution in [0.25, 0.3) is 0 Å². The van der Waals surface area contributed by atoms with Crippen LogP contribution in [0.2, 0.25) is 0 Å². The molecule has 4 N–H and O–H groups in total. The molecule has 0 radical (unpaired) electrons. The topological polar surface area (TPSA) is 143 Å². The number of nitrogens with zero attached hydrogens (tertiary/aromatic N) is 1. The van der Waals surface area contributed by atoms with Crippen molar-refractivity contribution < 1.29 is 24.2 Å². The first-order valence-electron chi connectivity index (χ1n) is 10.4. The van der Waals surface area contributed by atoms with Crippen LogP contribution < -0.4 is 11.1 Å². The Labute approximate surface area is 195 Å². The van der Waals surface area contributed by atoms with Crippen LogP contribution in [0.3, 0.4) is 0 Å². The first-order valence-corrected chi connectivity index (χ1v) is 11.2. The SMILES string of the molecule is CCOC(=O)c1c(NC(=C\C(=O)c2ccccc2)/C(O)=C(\C#N)C(N)=O)sc2c1CCCC2. The molecule has 1 aromatic heterocycles. The molecule has 0 atom stereocenters. The highest BCUT2D eigenvalue weighted by Gasteiger charge is 2.28. The summed E-state index contributed by atoms with van der Waals surface area (Å²) in [7, 11) is 0. The zero-order valence-corrected chi connectivity index (χ0v) is 18.8. The van der Waals surface area contributed by atoms with Crippen LogP contribution >= 0.6 is 11.3 Å². The van der Waals surface area contributed by atoms with Gasteiger partial charge in [0.15, 0.2) is 17.1 Å². The van der Waals surface area contributed by atoms with Gasteiger partial charge in [0, 0.05) is 16.5 Å². The number of allylic oxidation sites excluding steroid dienone is 1. The lowest BCUT2D eigenvalue weighted by Crippen LogP contribution is -2.18. The van der Waals surface area contributed by atoms with Crippen molar-refractivity contribution in [2.45, 2.75) is 32.6 Å². The summed E-state index contributed by atoms with van der Waals surface area (Å²) in [6.07, 6.45) is 4.48. The second kappa shape index (κ2) is 10.6. The summed E-state index contributed by atoms with van der Waals surface area (Å²) < 4.78 is 5.23. The number of ether oxygens (including phenoxy) is 1. The number of rotatable bonds is 8. The Morgan fingerprint density at radius 1 is 1.24 bits per heavy atom. The van der Waals surface area contributed by atoms with Gasteiger partial charge in [-0.1, -0.05) is 30.3 Å². The molecule has 170 valence electrons. The molecule has 2 aromatic rings. The zero-order valence-electron chi connectivity index (χ0n) is 18.0. The van der Waals surface area contributed by atoms with Gasteiger partial charge in [0.05, 0.1) is 17.9 Å². The predicted molar refractivity (Wildman–Crippen MR) is 124 cm³/mol. The molecule has 0 spiro atoms. The van der Waals surface area contributed by atoms with Crippen LogP contribution in [0.15, 0.2) is 53.4 Å². The monoisotopic (exact) mass is 465 g/mol. The third-order valence-electron chi connectivity index (χ3n) is 5.08. The van der Waals surface area contributed by atoms with Crippen LogP contribution in [-0.4, -0.2) is 29.4 Å². The number of amides is 1. The molecule has 0 bridgehead atoms. The van der Waals surface area contributed by atoms with E-state index in [0.717, 1.165) is 35.8 Å². The number of thiophene rings is 1. The van der Waals surface area contributed by atoms with Crippen molar-refractivity contribution in [3.05, 3.63) is 75.0 Å². The number of benzene rings is 1. The molecule has 0 aliphatic heterocycles. The third-order valence-corrected chi connectivity index (χ3v) is 6.29. The number of anilines is 1. The molecule has 1 amide bonds. The molecule has 33 heavy (non-hydrogen) atoms. The number of nitrogens with two attached hydrogens (primary N) is 1. The van der Waals surface area contributed by atoms with E-state index in [1.165, 1.54) is 11.3 Å². The largest absolute Gasteiger partial charge is 0.504 e. The fourth-order valence-corrected chi connectivity index (χ4v) is 4.83. The maximum Gasteiger partial charge on any atom is 0.341 e. The Morgan fingerprint density at radius 3 is 2.58 bits per heavy atom. The molecular formula is C24H23N3O5S.